The molecule has 1 atom stereocenters. The average Bonchev–Trinajstić information content (AvgIpc) is 3.51. The van der Waals surface area contributed by atoms with Crippen molar-refractivity contribution < 1.29 is 19.1 Å². The van der Waals surface area contributed by atoms with Gasteiger partial charge in [-0.2, -0.15) is 0 Å². The quantitative estimate of drug-likeness (QED) is 0.760. The van der Waals surface area contributed by atoms with Crippen molar-refractivity contribution in [1.29, 1.82) is 0 Å². The highest BCUT2D eigenvalue weighted by molar-refractivity contribution is 7.15. The summed E-state index contributed by atoms with van der Waals surface area (Å²) in [5.41, 5.74) is 0.591. The highest BCUT2D eigenvalue weighted by Crippen LogP contribution is 2.24. The van der Waals surface area contributed by atoms with Crippen LogP contribution in [0.3, 0.4) is 0 Å². The fourth-order valence-electron chi connectivity index (χ4n) is 3.95. The van der Waals surface area contributed by atoms with Gasteiger partial charge in [0.1, 0.15) is 5.75 Å². The van der Waals surface area contributed by atoms with Crippen molar-refractivity contribution in [1.82, 2.24) is 20.0 Å². The number of nitrogens with one attached hydrogen (secondary N) is 1. The van der Waals surface area contributed by atoms with Crippen LogP contribution in [0.25, 0.3) is 0 Å². The number of likely N-dealkylation sites (tertiary alicyclic amines) is 2. The Bertz CT molecular complexity index is 955. The maximum Gasteiger partial charge on any atom is 0.286 e. The lowest BCUT2D eigenvalue weighted by atomic mass is 9.96. The van der Waals surface area contributed by atoms with Crippen LogP contribution in [0.1, 0.15) is 45.3 Å². The van der Waals surface area contributed by atoms with Gasteiger partial charge in [0.2, 0.25) is 15.9 Å². The Hall–Kier alpha value is -3.01. The Morgan fingerprint density at radius 1 is 1.00 bits per heavy atom. The zero-order valence-electron chi connectivity index (χ0n) is 17.4. The van der Waals surface area contributed by atoms with Gasteiger partial charge in [-0.3, -0.25) is 14.4 Å². The number of carbonyl (C=O) groups excluding carboxylic acids is 3. The number of nitrogens with zero attached hydrogens (tertiary/aromatic N) is 4. The Balaban J connectivity index is 1.37. The molecule has 2 aliphatic rings. The highest BCUT2D eigenvalue weighted by Gasteiger charge is 2.33. The highest BCUT2D eigenvalue weighted by atomic mass is 32.1. The summed E-state index contributed by atoms with van der Waals surface area (Å²) in [5.74, 6) is -0.0411. The lowest BCUT2D eigenvalue weighted by Crippen LogP contribution is -2.46. The largest absolute Gasteiger partial charge is 0.497 e. The molecule has 2 aliphatic heterocycles. The number of aromatic nitrogens is 2. The van der Waals surface area contributed by atoms with E-state index in [4.69, 9.17) is 4.74 Å². The van der Waals surface area contributed by atoms with Gasteiger partial charge >= 0.3 is 0 Å². The summed E-state index contributed by atoms with van der Waals surface area (Å²) >= 11 is 0.959. The Labute approximate surface area is 184 Å². The van der Waals surface area contributed by atoms with E-state index >= 15 is 0 Å². The van der Waals surface area contributed by atoms with Crippen LogP contribution < -0.4 is 10.1 Å². The molecule has 2 fully saturated rings. The van der Waals surface area contributed by atoms with Gasteiger partial charge in [-0.15, -0.1) is 10.2 Å². The predicted octanol–water partition coefficient (Wildman–Crippen LogP) is 2.27. The molecule has 2 aromatic rings. The van der Waals surface area contributed by atoms with E-state index in [1.807, 2.05) is 4.90 Å². The lowest BCUT2D eigenvalue weighted by molar-refractivity contribution is -0.135. The predicted molar refractivity (Wildman–Crippen MR) is 115 cm³/mol. The van der Waals surface area contributed by atoms with E-state index in [0.29, 0.717) is 24.5 Å². The van der Waals surface area contributed by atoms with Crippen LogP contribution in [0.2, 0.25) is 0 Å². The SMILES string of the molecule is COc1ccc(NC(=O)c2nnc(C(=O)N3CCCC(C(=O)N4CCCC4)C3)s2)cc1. The van der Waals surface area contributed by atoms with E-state index in [2.05, 4.69) is 15.5 Å². The van der Waals surface area contributed by atoms with Crippen molar-refractivity contribution in [2.75, 3.05) is 38.6 Å². The molecule has 3 amide bonds. The number of carbonyl (C=O) groups is 3. The van der Waals surface area contributed by atoms with Gasteiger partial charge < -0.3 is 19.9 Å². The Morgan fingerprint density at radius 3 is 2.39 bits per heavy atom. The smallest absolute Gasteiger partial charge is 0.286 e. The molecule has 2 saturated heterocycles. The standard InChI is InChI=1S/C21H25N5O4S/c1-30-16-8-6-15(7-9-16)22-17(27)18-23-24-19(31-18)21(29)26-12-4-5-14(13-26)20(28)25-10-2-3-11-25/h6-9,14H,2-5,10-13H2,1H3,(H,22,27). The first-order valence-corrected chi connectivity index (χ1v) is 11.2. The number of piperidine rings is 1. The molecular formula is C21H25N5O4S. The van der Waals surface area contributed by atoms with Crippen LogP contribution in [0.4, 0.5) is 5.69 Å². The van der Waals surface area contributed by atoms with E-state index < -0.39 is 5.91 Å². The molecule has 0 bridgehead atoms. The van der Waals surface area contributed by atoms with Crippen molar-refractivity contribution in [3.63, 3.8) is 0 Å². The Morgan fingerprint density at radius 2 is 1.68 bits per heavy atom. The number of ether oxygens (including phenoxy) is 1. The van der Waals surface area contributed by atoms with Crippen LogP contribution >= 0.6 is 11.3 Å². The van der Waals surface area contributed by atoms with Crippen molar-refractivity contribution in [3.05, 3.63) is 34.3 Å². The van der Waals surface area contributed by atoms with Crippen molar-refractivity contribution >= 4 is 34.7 Å². The minimum Gasteiger partial charge on any atom is -0.497 e. The fraction of sp³-hybridized carbons (Fsp3) is 0.476. The van der Waals surface area contributed by atoms with Gasteiger partial charge in [-0.25, -0.2) is 0 Å². The molecule has 0 radical (unpaired) electrons. The zero-order chi connectivity index (χ0) is 21.8. The molecule has 4 rings (SSSR count). The third kappa shape index (κ3) is 4.84. The molecule has 0 spiro atoms. The molecule has 1 aromatic carbocycles. The number of benzene rings is 1. The van der Waals surface area contributed by atoms with Gasteiger partial charge in [-0.05, 0) is 49.9 Å². The molecule has 164 valence electrons. The number of hydrogen-bond acceptors (Lipinski definition) is 7. The second kappa shape index (κ2) is 9.42. The maximum atomic E-state index is 12.9. The van der Waals surface area contributed by atoms with Crippen LogP contribution in [0.5, 0.6) is 5.75 Å². The van der Waals surface area contributed by atoms with E-state index in [9.17, 15) is 14.4 Å². The first kappa shape index (κ1) is 21.2. The van der Waals surface area contributed by atoms with Crippen LogP contribution in [-0.2, 0) is 4.79 Å². The summed E-state index contributed by atoms with van der Waals surface area (Å²) in [6, 6.07) is 6.91. The minimum atomic E-state index is -0.428. The second-order valence-corrected chi connectivity index (χ2v) is 8.70. The normalized spacial score (nSPS) is 18.7. The zero-order valence-corrected chi connectivity index (χ0v) is 18.2. The third-order valence-corrected chi connectivity index (χ3v) is 6.54. The summed E-state index contributed by atoms with van der Waals surface area (Å²) in [4.78, 5) is 41.7. The van der Waals surface area contributed by atoms with Gasteiger partial charge in [0.15, 0.2) is 0 Å². The van der Waals surface area contributed by atoms with Gasteiger partial charge in [0.05, 0.1) is 13.0 Å². The summed E-state index contributed by atoms with van der Waals surface area (Å²) < 4.78 is 5.10. The monoisotopic (exact) mass is 443 g/mol. The third-order valence-electron chi connectivity index (χ3n) is 5.63. The molecule has 0 aliphatic carbocycles. The molecule has 1 unspecified atom stereocenters. The summed E-state index contributed by atoms with van der Waals surface area (Å²) in [6.45, 7) is 2.59. The van der Waals surface area contributed by atoms with Crippen molar-refractivity contribution in [3.8, 4) is 5.75 Å². The lowest BCUT2D eigenvalue weighted by Gasteiger charge is -2.33. The molecule has 9 nitrogen and oxygen atoms in total. The van der Waals surface area contributed by atoms with Gasteiger partial charge in [0.25, 0.3) is 11.8 Å². The maximum absolute atomic E-state index is 12.9. The van der Waals surface area contributed by atoms with Crippen molar-refractivity contribution in [2.24, 2.45) is 5.92 Å². The van der Waals surface area contributed by atoms with E-state index in [0.717, 1.165) is 50.1 Å². The van der Waals surface area contributed by atoms with Gasteiger partial charge in [0, 0.05) is 31.9 Å². The number of amides is 3. The van der Waals surface area contributed by atoms with Crippen molar-refractivity contribution in [2.45, 2.75) is 25.7 Å². The van der Waals surface area contributed by atoms with Crippen LogP contribution in [0, 0.1) is 5.92 Å². The summed E-state index contributed by atoms with van der Waals surface area (Å²) in [6.07, 6.45) is 3.67. The first-order chi connectivity index (χ1) is 15.0. The van der Waals surface area contributed by atoms with Gasteiger partial charge in [-0.1, -0.05) is 11.3 Å². The molecule has 1 N–H and O–H groups in total. The number of rotatable bonds is 5. The second-order valence-electron chi connectivity index (χ2n) is 7.72. The summed E-state index contributed by atoms with van der Waals surface area (Å²) in [7, 11) is 1.57. The molecule has 3 heterocycles. The molecular weight excluding hydrogens is 418 g/mol. The summed E-state index contributed by atoms with van der Waals surface area (Å²) in [5, 5.41) is 10.8. The molecule has 31 heavy (non-hydrogen) atoms. The fourth-order valence-corrected chi connectivity index (χ4v) is 4.66. The molecule has 1 aromatic heterocycles. The average molecular weight is 444 g/mol. The minimum absolute atomic E-state index is 0.112. The topological polar surface area (TPSA) is 105 Å². The number of hydrogen-bond donors (Lipinski definition) is 1. The van der Waals surface area contributed by atoms with E-state index in [-0.39, 0.29) is 27.7 Å². The molecule has 0 saturated carbocycles. The van der Waals surface area contributed by atoms with Crippen LogP contribution in [-0.4, -0.2) is 71.0 Å². The Kier molecular flexibility index (Phi) is 6.45. The number of methoxy groups -OCH3 is 1. The first-order valence-electron chi connectivity index (χ1n) is 10.4. The molecule has 10 heteroatoms. The number of anilines is 1. The van der Waals surface area contributed by atoms with Crippen LogP contribution in [0.15, 0.2) is 24.3 Å². The van der Waals surface area contributed by atoms with E-state index in [1.54, 1.807) is 36.3 Å². The van der Waals surface area contributed by atoms with E-state index in [1.165, 1.54) is 0 Å².